The monoisotopic (exact) mass is 236 g/mol. The largest absolute Gasteiger partial charge is 0.352 e. The third kappa shape index (κ3) is 2.82. The van der Waals surface area contributed by atoms with E-state index in [4.69, 9.17) is 0 Å². The highest BCUT2D eigenvalue weighted by Crippen LogP contribution is 2.16. The lowest BCUT2D eigenvalue weighted by atomic mass is 9.88. The molecule has 2 rings (SSSR count). The van der Waals surface area contributed by atoms with Crippen LogP contribution in [-0.4, -0.2) is 19.0 Å². The van der Waals surface area contributed by atoms with Crippen molar-refractivity contribution in [1.29, 1.82) is 0 Å². The molecule has 17 heavy (non-hydrogen) atoms. The van der Waals surface area contributed by atoms with E-state index in [-0.39, 0.29) is 24.2 Å². The van der Waals surface area contributed by atoms with Gasteiger partial charge < -0.3 is 10.6 Å². The normalized spacial score (nSPS) is 17.3. The lowest BCUT2D eigenvalue weighted by Gasteiger charge is -2.31. The van der Waals surface area contributed by atoms with Crippen LogP contribution in [0.25, 0.3) is 0 Å². The van der Waals surface area contributed by atoms with E-state index in [2.05, 4.69) is 10.6 Å². The summed E-state index contributed by atoms with van der Waals surface area (Å²) in [6.07, 6.45) is 0. The van der Waals surface area contributed by atoms with Crippen LogP contribution in [0.5, 0.6) is 0 Å². The van der Waals surface area contributed by atoms with E-state index < -0.39 is 0 Å². The van der Waals surface area contributed by atoms with Crippen LogP contribution in [0.4, 0.5) is 4.39 Å². The molecule has 3 nitrogen and oxygen atoms in total. The second-order valence-electron chi connectivity index (χ2n) is 4.52. The molecule has 1 aliphatic rings. The Balaban J connectivity index is 1.85. The van der Waals surface area contributed by atoms with Crippen molar-refractivity contribution >= 4 is 5.91 Å². The van der Waals surface area contributed by atoms with Crippen molar-refractivity contribution in [3.05, 3.63) is 35.6 Å². The summed E-state index contributed by atoms with van der Waals surface area (Å²) >= 11 is 0. The third-order valence-electron chi connectivity index (χ3n) is 3.34. The van der Waals surface area contributed by atoms with Crippen LogP contribution in [0.15, 0.2) is 24.3 Å². The zero-order valence-electron chi connectivity index (χ0n) is 9.87. The molecule has 92 valence electrons. The van der Waals surface area contributed by atoms with Gasteiger partial charge in [-0.15, -0.1) is 0 Å². The first-order chi connectivity index (χ1) is 8.18. The maximum atomic E-state index is 13.3. The number of nitrogens with one attached hydrogen (secondary N) is 2. The van der Waals surface area contributed by atoms with Crippen LogP contribution >= 0.6 is 0 Å². The van der Waals surface area contributed by atoms with E-state index >= 15 is 0 Å². The van der Waals surface area contributed by atoms with Gasteiger partial charge in [-0.05, 0) is 25.1 Å². The predicted molar refractivity (Wildman–Crippen MR) is 63.8 cm³/mol. The average molecular weight is 236 g/mol. The van der Waals surface area contributed by atoms with E-state index in [1.54, 1.807) is 18.2 Å². The summed E-state index contributed by atoms with van der Waals surface area (Å²) in [7, 11) is 0. The molecule has 1 atom stereocenters. The molecule has 1 aliphatic heterocycles. The zero-order chi connectivity index (χ0) is 12.3. The lowest BCUT2D eigenvalue weighted by molar-refractivity contribution is -0.126. The summed E-state index contributed by atoms with van der Waals surface area (Å²) in [6.45, 7) is 3.97. The van der Waals surface area contributed by atoms with Crippen LogP contribution in [0.1, 0.15) is 12.5 Å². The molecule has 1 saturated heterocycles. The van der Waals surface area contributed by atoms with E-state index in [9.17, 15) is 9.18 Å². The van der Waals surface area contributed by atoms with Gasteiger partial charge in [0.1, 0.15) is 5.82 Å². The molecule has 1 amide bonds. The Morgan fingerprint density at radius 1 is 1.53 bits per heavy atom. The minimum Gasteiger partial charge on any atom is -0.352 e. The van der Waals surface area contributed by atoms with Crippen LogP contribution in [0, 0.1) is 17.7 Å². The quantitative estimate of drug-likeness (QED) is 0.827. The van der Waals surface area contributed by atoms with Crippen molar-refractivity contribution in [2.24, 2.45) is 11.8 Å². The molecule has 0 aromatic heterocycles. The predicted octanol–water partition coefficient (Wildman–Crippen LogP) is 1.30. The van der Waals surface area contributed by atoms with Crippen molar-refractivity contribution in [3.8, 4) is 0 Å². The summed E-state index contributed by atoms with van der Waals surface area (Å²) < 4.78 is 13.3. The fourth-order valence-corrected chi connectivity index (χ4v) is 1.86. The molecular formula is C13H17FN2O. The van der Waals surface area contributed by atoms with Gasteiger partial charge in [-0.1, -0.05) is 25.1 Å². The minimum atomic E-state index is -0.272. The first kappa shape index (κ1) is 12.0. The van der Waals surface area contributed by atoms with Crippen LogP contribution in [0.2, 0.25) is 0 Å². The number of carbonyl (C=O) groups is 1. The van der Waals surface area contributed by atoms with Gasteiger partial charge in [0.15, 0.2) is 0 Å². The number of hydrogen-bond donors (Lipinski definition) is 2. The highest BCUT2D eigenvalue weighted by atomic mass is 19.1. The van der Waals surface area contributed by atoms with E-state index in [1.165, 1.54) is 6.07 Å². The second kappa shape index (κ2) is 5.27. The Morgan fingerprint density at radius 2 is 2.24 bits per heavy atom. The van der Waals surface area contributed by atoms with Crippen molar-refractivity contribution in [1.82, 2.24) is 10.6 Å². The fourth-order valence-electron chi connectivity index (χ4n) is 1.86. The average Bonchev–Trinajstić information content (AvgIpc) is 2.25. The third-order valence-corrected chi connectivity index (χ3v) is 3.34. The fraction of sp³-hybridized carbons (Fsp3) is 0.462. The molecular weight excluding hydrogens is 219 g/mol. The van der Waals surface area contributed by atoms with E-state index in [1.807, 2.05) is 6.92 Å². The minimum absolute atomic E-state index is 0.000229. The first-order valence-electron chi connectivity index (χ1n) is 5.90. The molecule has 2 N–H and O–H groups in total. The lowest BCUT2D eigenvalue weighted by Crippen LogP contribution is -2.49. The van der Waals surface area contributed by atoms with Gasteiger partial charge in [-0.2, -0.15) is 0 Å². The summed E-state index contributed by atoms with van der Waals surface area (Å²) in [5.74, 6) is 0.129. The molecule has 0 spiro atoms. The molecule has 4 heteroatoms. The Morgan fingerprint density at radius 3 is 2.82 bits per heavy atom. The second-order valence-corrected chi connectivity index (χ2v) is 4.52. The van der Waals surface area contributed by atoms with E-state index in [0.29, 0.717) is 11.5 Å². The summed E-state index contributed by atoms with van der Waals surface area (Å²) in [4.78, 5) is 11.8. The topological polar surface area (TPSA) is 41.1 Å². The van der Waals surface area contributed by atoms with Gasteiger partial charge in [0, 0.05) is 18.0 Å². The molecule has 0 radical (unpaired) electrons. The number of carbonyl (C=O) groups excluding carboxylic acids is 1. The molecule has 0 bridgehead atoms. The molecule has 1 heterocycles. The van der Waals surface area contributed by atoms with Crippen molar-refractivity contribution in [2.45, 2.75) is 13.5 Å². The Labute approximate surface area is 100 Å². The molecule has 0 aliphatic carbocycles. The van der Waals surface area contributed by atoms with Crippen LogP contribution in [-0.2, 0) is 11.3 Å². The number of benzene rings is 1. The van der Waals surface area contributed by atoms with Gasteiger partial charge in [0.25, 0.3) is 0 Å². The SMILES string of the molecule is C[C@@H](C(=O)NCc1ccccc1F)C1CNC1. The standard InChI is InChI=1S/C13H17FN2O/c1-9(11-6-15-7-11)13(17)16-8-10-4-2-3-5-12(10)14/h2-5,9,11,15H,6-8H2,1H3,(H,16,17)/t9-/m1/s1. The Hall–Kier alpha value is -1.42. The highest BCUT2D eigenvalue weighted by molar-refractivity contribution is 5.78. The summed E-state index contributed by atoms with van der Waals surface area (Å²) in [6, 6.07) is 6.50. The van der Waals surface area contributed by atoms with Crippen molar-refractivity contribution < 1.29 is 9.18 Å². The van der Waals surface area contributed by atoms with Crippen LogP contribution < -0.4 is 10.6 Å². The first-order valence-corrected chi connectivity index (χ1v) is 5.90. The summed E-state index contributed by atoms with van der Waals surface area (Å²) in [5.41, 5.74) is 0.528. The van der Waals surface area contributed by atoms with Gasteiger partial charge in [0.2, 0.25) is 5.91 Å². The van der Waals surface area contributed by atoms with Gasteiger partial charge in [0.05, 0.1) is 0 Å². The number of amides is 1. The van der Waals surface area contributed by atoms with Crippen molar-refractivity contribution in [3.63, 3.8) is 0 Å². The smallest absolute Gasteiger partial charge is 0.223 e. The molecule has 1 aromatic rings. The van der Waals surface area contributed by atoms with E-state index in [0.717, 1.165) is 13.1 Å². The maximum Gasteiger partial charge on any atom is 0.223 e. The molecule has 0 saturated carbocycles. The maximum absolute atomic E-state index is 13.3. The van der Waals surface area contributed by atoms with Gasteiger partial charge >= 0.3 is 0 Å². The Kier molecular flexibility index (Phi) is 3.74. The number of hydrogen-bond acceptors (Lipinski definition) is 2. The van der Waals surface area contributed by atoms with Crippen molar-refractivity contribution in [2.75, 3.05) is 13.1 Å². The molecule has 1 aromatic carbocycles. The Bertz CT molecular complexity index is 404. The number of rotatable bonds is 4. The van der Waals surface area contributed by atoms with Crippen LogP contribution in [0.3, 0.4) is 0 Å². The zero-order valence-corrected chi connectivity index (χ0v) is 9.87. The van der Waals surface area contributed by atoms with Gasteiger partial charge in [-0.25, -0.2) is 4.39 Å². The molecule has 1 fully saturated rings. The summed E-state index contributed by atoms with van der Waals surface area (Å²) in [5, 5.41) is 5.92. The molecule has 0 unspecified atom stereocenters. The number of halogens is 1. The highest BCUT2D eigenvalue weighted by Gasteiger charge is 2.28. The van der Waals surface area contributed by atoms with Gasteiger partial charge in [-0.3, -0.25) is 4.79 Å².